The van der Waals surface area contributed by atoms with Gasteiger partial charge in [-0.25, -0.2) is 19.2 Å². The second kappa shape index (κ2) is 17.4. The van der Waals surface area contributed by atoms with Crippen LogP contribution in [0.3, 0.4) is 0 Å². The maximum Gasteiger partial charge on any atom is 0.419 e. The van der Waals surface area contributed by atoms with Crippen LogP contribution in [0.15, 0.2) is 64.4 Å². The molecule has 0 spiro atoms. The molecule has 286 valence electrons. The third-order valence-corrected chi connectivity index (χ3v) is 9.12. The number of benzene rings is 2. The third-order valence-electron chi connectivity index (χ3n) is 8.43. The fourth-order valence-electron chi connectivity index (χ4n) is 5.20. The summed E-state index contributed by atoms with van der Waals surface area (Å²) in [5.41, 5.74) is 5.04. The second-order valence-electron chi connectivity index (χ2n) is 12.5. The summed E-state index contributed by atoms with van der Waals surface area (Å²) in [4.78, 5) is 71.7. The van der Waals surface area contributed by atoms with E-state index in [0.29, 0.717) is 16.2 Å². The standard InChI is InChI=1S/C35H38BrF3N6O7.ClH/c1-7-19(4)41-33-42-27-16-44(30(47)22-10-13-26(36)25(15-22)35(37,38)39)20(5)14-24(27)31(48)45(33)23-11-8-21(9-12-23)29(46)43(6)34(50)52-17-51-32(49)28(40)18(2)3;/h7-13,15,18-20,28H,1,14,16-17,40H2,2-6H3,(H,41,42);1H/t19-,20+,28-;/m0./s1. The largest absolute Gasteiger partial charge is 0.427 e. The summed E-state index contributed by atoms with van der Waals surface area (Å²) in [7, 11) is 1.18. The van der Waals surface area contributed by atoms with Gasteiger partial charge in [0.2, 0.25) is 12.7 Å². The summed E-state index contributed by atoms with van der Waals surface area (Å²) in [6.07, 6.45) is -4.12. The molecule has 0 saturated heterocycles. The number of alkyl halides is 3. The monoisotopic (exact) mass is 826 g/mol. The number of esters is 1. The molecule has 0 unspecified atom stereocenters. The lowest BCUT2D eigenvalue weighted by Gasteiger charge is -2.35. The van der Waals surface area contributed by atoms with Crippen molar-refractivity contribution in [2.24, 2.45) is 11.7 Å². The number of amides is 3. The Kier molecular flexibility index (Phi) is 14.0. The first-order valence-corrected chi connectivity index (χ1v) is 16.8. The fraction of sp³-hybridized carbons (Fsp3) is 0.371. The summed E-state index contributed by atoms with van der Waals surface area (Å²) in [5.74, 6) is -2.27. The van der Waals surface area contributed by atoms with Gasteiger partial charge in [0, 0.05) is 40.3 Å². The minimum absolute atomic E-state index is 0. The molecule has 1 aromatic heterocycles. The SMILES string of the molecule is C=C[C@H](C)Nc1nc2c(c(=O)n1-c1ccc(C(=O)N(C)C(=O)OCOC(=O)[C@@H](N)C(C)C)cc1)C[C@@H](C)N(C(=O)c1ccc(Br)c(C(F)(F)F)c1)C2.Cl. The first-order valence-electron chi connectivity index (χ1n) is 16.0. The quantitative estimate of drug-likeness (QED) is 0.147. The number of nitrogens with one attached hydrogen (secondary N) is 1. The molecule has 0 saturated carbocycles. The molecule has 3 amide bonds. The summed E-state index contributed by atoms with van der Waals surface area (Å²) in [6, 6.07) is 7.15. The molecule has 3 N–H and O–H groups in total. The van der Waals surface area contributed by atoms with Crippen LogP contribution in [0, 0.1) is 5.92 Å². The first kappa shape index (κ1) is 42.7. The predicted octanol–water partition coefficient (Wildman–Crippen LogP) is 5.70. The van der Waals surface area contributed by atoms with E-state index in [2.05, 4.69) is 32.8 Å². The summed E-state index contributed by atoms with van der Waals surface area (Å²) < 4.78 is 51.5. The van der Waals surface area contributed by atoms with Crippen LogP contribution in [0.5, 0.6) is 0 Å². The Balaban J connectivity index is 0.00000756. The Morgan fingerprint density at radius 2 is 1.74 bits per heavy atom. The zero-order chi connectivity index (χ0) is 38.7. The van der Waals surface area contributed by atoms with Crippen molar-refractivity contribution in [1.29, 1.82) is 0 Å². The van der Waals surface area contributed by atoms with Crippen molar-refractivity contribution in [1.82, 2.24) is 19.4 Å². The van der Waals surface area contributed by atoms with Crippen molar-refractivity contribution < 1.29 is 41.8 Å². The molecule has 53 heavy (non-hydrogen) atoms. The highest BCUT2D eigenvalue weighted by molar-refractivity contribution is 9.10. The van der Waals surface area contributed by atoms with E-state index in [1.54, 1.807) is 33.8 Å². The Bertz CT molecular complexity index is 1940. The van der Waals surface area contributed by atoms with E-state index < -0.39 is 60.1 Å². The number of ether oxygens (including phenoxy) is 2. The number of anilines is 1. The average Bonchev–Trinajstić information content (AvgIpc) is 3.10. The zero-order valence-electron chi connectivity index (χ0n) is 29.4. The van der Waals surface area contributed by atoms with E-state index in [9.17, 15) is 37.1 Å². The van der Waals surface area contributed by atoms with Crippen LogP contribution < -0.4 is 16.6 Å². The summed E-state index contributed by atoms with van der Waals surface area (Å²) in [6.45, 7) is 9.78. The Hall–Kier alpha value is -4.74. The van der Waals surface area contributed by atoms with Crippen molar-refractivity contribution in [3.63, 3.8) is 0 Å². The molecule has 2 aromatic carbocycles. The molecule has 3 aromatic rings. The number of hydrogen-bond acceptors (Lipinski definition) is 10. The van der Waals surface area contributed by atoms with Gasteiger partial charge in [0.25, 0.3) is 17.4 Å². The highest BCUT2D eigenvalue weighted by Crippen LogP contribution is 2.36. The Morgan fingerprint density at radius 1 is 1.11 bits per heavy atom. The van der Waals surface area contributed by atoms with E-state index in [1.165, 1.54) is 52.9 Å². The van der Waals surface area contributed by atoms with Gasteiger partial charge in [-0.05, 0) is 68.7 Å². The maximum atomic E-state index is 14.1. The minimum Gasteiger partial charge on any atom is -0.427 e. The second-order valence-corrected chi connectivity index (χ2v) is 13.4. The van der Waals surface area contributed by atoms with Crippen LogP contribution in [0.1, 0.15) is 65.2 Å². The van der Waals surface area contributed by atoms with Crippen LogP contribution in [0.2, 0.25) is 0 Å². The molecule has 0 radical (unpaired) electrons. The molecular formula is C35H39BrClF3N6O7. The van der Waals surface area contributed by atoms with Gasteiger partial charge in [0.05, 0.1) is 23.5 Å². The lowest BCUT2D eigenvalue weighted by Crippen LogP contribution is -2.46. The molecule has 2 heterocycles. The number of imide groups is 1. The molecule has 13 nitrogen and oxygen atoms in total. The molecule has 18 heteroatoms. The van der Waals surface area contributed by atoms with Gasteiger partial charge in [-0.15, -0.1) is 19.0 Å². The number of carbonyl (C=O) groups excluding carboxylic acids is 4. The number of fused-ring (bicyclic) bond motifs is 1. The molecule has 1 aliphatic heterocycles. The van der Waals surface area contributed by atoms with Crippen LogP contribution >= 0.6 is 28.3 Å². The molecule has 0 aliphatic carbocycles. The predicted molar refractivity (Wildman–Crippen MR) is 195 cm³/mol. The molecule has 3 atom stereocenters. The lowest BCUT2D eigenvalue weighted by molar-refractivity contribution is -0.154. The van der Waals surface area contributed by atoms with Gasteiger partial charge in [-0.2, -0.15) is 13.2 Å². The normalized spacial score (nSPS) is 15.0. The molecular weight excluding hydrogens is 789 g/mol. The topological polar surface area (TPSA) is 166 Å². The van der Waals surface area contributed by atoms with Gasteiger partial charge in [0.1, 0.15) is 6.04 Å². The number of hydrogen-bond donors (Lipinski definition) is 2. The third kappa shape index (κ3) is 9.63. The van der Waals surface area contributed by atoms with Crippen molar-refractivity contribution >= 4 is 58.2 Å². The summed E-state index contributed by atoms with van der Waals surface area (Å²) in [5, 5.41) is 3.10. The number of nitrogens with zero attached hydrogens (tertiary/aromatic N) is 4. The van der Waals surface area contributed by atoms with Gasteiger partial charge in [-0.3, -0.25) is 19.2 Å². The number of aromatic nitrogens is 2. The van der Waals surface area contributed by atoms with Gasteiger partial charge < -0.3 is 25.4 Å². The van der Waals surface area contributed by atoms with Gasteiger partial charge in [-0.1, -0.05) is 35.9 Å². The summed E-state index contributed by atoms with van der Waals surface area (Å²) >= 11 is 2.89. The van der Waals surface area contributed by atoms with Gasteiger partial charge in [0.15, 0.2) is 0 Å². The van der Waals surface area contributed by atoms with Crippen LogP contribution in [-0.4, -0.2) is 75.2 Å². The smallest absolute Gasteiger partial charge is 0.419 e. The molecule has 0 fully saturated rings. The molecule has 4 rings (SSSR count). The van der Waals surface area contributed by atoms with E-state index in [0.717, 1.165) is 6.07 Å². The van der Waals surface area contributed by atoms with Crippen molar-refractivity contribution in [3.8, 4) is 5.69 Å². The number of rotatable bonds is 10. The zero-order valence-corrected chi connectivity index (χ0v) is 31.8. The van der Waals surface area contributed by atoms with E-state index in [4.69, 9.17) is 15.2 Å². The minimum atomic E-state index is -4.68. The van der Waals surface area contributed by atoms with E-state index in [-0.39, 0.29) is 64.6 Å². The first-order chi connectivity index (χ1) is 24.3. The number of carbonyl (C=O) groups is 4. The van der Waals surface area contributed by atoms with Crippen LogP contribution in [0.4, 0.5) is 23.9 Å². The van der Waals surface area contributed by atoms with Crippen molar-refractivity contribution in [3.05, 3.63) is 97.9 Å². The Labute approximate surface area is 317 Å². The van der Waals surface area contributed by atoms with Crippen LogP contribution in [-0.2, 0) is 33.4 Å². The van der Waals surface area contributed by atoms with E-state index in [1.807, 2.05) is 0 Å². The lowest BCUT2D eigenvalue weighted by atomic mass is 9.98. The highest BCUT2D eigenvalue weighted by Gasteiger charge is 2.36. The maximum absolute atomic E-state index is 14.1. The van der Waals surface area contributed by atoms with Crippen molar-refractivity contribution in [2.45, 2.75) is 65.0 Å². The Morgan fingerprint density at radius 3 is 2.32 bits per heavy atom. The number of halogens is 5. The van der Waals surface area contributed by atoms with Gasteiger partial charge >= 0.3 is 18.2 Å². The number of nitrogens with two attached hydrogens (primary N) is 1. The van der Waals surface area contributed by atoms with Crippen molar-refractivity contribution in [2.75, 3.05) is 19.2 Å². The molecule has 0 bridgehead atoms. The average molecular weight is 828 g/mol. The fourth-order valence-corrected chi connectivity index (χ4v) is 5.68. The molecule has 1 aliphatic rings. The van der Waals surface area contributed by atoms with Crippen LogP contribution in [0.25, 0.3) is 5.69 Å². The highest BCUT2D eigenvalue weighted by atomic mass is 79.9. The van der Waals surface area contributed by atoms with E-state index >= 15 is 0 Å².